The number of hydrogen-bond acceptors (Lipinski definition) is 3. The highest BCUT2D eigenvalue weighted by Crippen LogP contribution is 2.48. The molecule has 0 spiro atoms. The molecule has 2 N–H and O–H groups in total. The Bertz CT molecular complexity index is 705. The summed E-state index contributed by atoms with van der Waals surface area (Å²) in [5, 5.41) is 1.25. The molecule has 0 amide bonds. The van der Waals surface area contributed by atoms with Gasteiger partial charge in [-0.2, -0.15) is 0 Å². The first-order valence-electron chi connectivity index (χ1n) is 8.20. The molecule has 3 nitrogen and oxygen atoms in total. The van der Waals surface area contributed by atoms with Crippen molar-refractivity contribution < 1.29 is 0 Å². The van der Waals surface area contributed by atoms with Crippen LogP contribution in [0.25, 0.3) is 10.9 Å². The summed E-state index contributed by atoms with van der Waals surface area (Å²) < 4.78 is 0. The zero-order chi connectivity index (χ0) is 15.2. The lowest BCUT2D eigenvalue weighted by Crippen LogP contribution is -2.62. The summed E-state index contributed by atoms with van der Waals surface area (Å²) in [4.78, 5) is 7.12. The highest BCUT2D eigenvalue weighted by Gasteiger charge is 2.49. The molecule has 1 aromatic heterocycles. The third-order valence-corrected chi connectivity index (χ3v) is 5.80. The Kier molecular flexibility index (Phi) is 3.28. The van der Waals surface area contributed by atoms with Crippen LogP contribution >= 0.6 is 0 Å². The maximum atomic E-state index is 6.35. The van der Waals surface area contributed by atoms with Crippen molar-refractivity contribution in [1.82, 2.24) is 9.88 Å². The number of piperidine rings is 3. The number of fused-ring (bicyclic) bond motifs is 4. The summed E-state index contributed by atoms with van der Waals surface area (Å²) in [7, 11) is 0. The topological polar surface area (TPSA) is 42.1 Å². The number of benzene rings is 1. The van der Waals surface area contributed by atoms with E-state index in [-0.39, 0.29) is 5.54 Å². The second-order valence-electron chi connectivity index (χ2n) is 6.71. The number of hydrogen-bond donors (Lipinski definition) is 1. The van der Waals surface area contributed by atoms with E-state index < -0.39 is 0 Å². The van der Waals surface area contributed by atoms with E-state index in [0.717, 1.165) is 25.0 Å². The van der Waals surface area contributed by atoms with Crippen LogP contribution < -0.4 is 5.73 Å². The Morgan fingerprint density at radius 1 is 1.36 bits per heavy atom. The fourth-order valence-electron chi connectivity index (χ4n) is 4.61. The maximum absolute atomic E-state index is 6.35. The lowest BCUT2D eigenvalue weighted by atomic mass is 9.66. The average Bonchev–Trinajstić information content (AvgIpc) is 2.61. The standard InChI is InChI=1S/C19H23N3/c1-2-14-12-22-10-8-15(14)11-19(22,13-20)17-7-9-21-18-6-4-3-5-16(17)18/h2-7,9,14-15H,1,8,10-13,20H2. The first kappa shape index (κ1) is 13.9. The molecule has 4 unspecified atom stereocenters. The SMILES string of the molecule is C=CC1CN2CCC1CC2(CN)c1ccnc2ccccc12. The summed E-state index contributed by atoms with van der Waals surface area (Å²) >= 11 is 0. The zero-order valence-electron chi connectivity index (χ0n) is 12.9. The highest BCUT2D eigenvalue weighted by atomic mass is 15.2. The number of aromatic nitrogens is 1. The molecule has 3 saturated heterocycles. The average molecular weight is 293 g/mol. The molecular formula is C19H23N3. The van der Waals surface area contributed by atoms with Crippen molar-refractivity contribution in [2.45, 2.75) is 18.4 Å². The van der Waals surface area contributed by atoms with Gasteiger partial charge in [-0.25, -0.2) is 0 Å². The van der Waals surface area contributed by atoms with E-state index in [1.54, 1.807) is 0 Å². The van der Waals surface area contributed by atoms with Crippen molar-refractivity contribution in [3.05, 3.63) is 54.7 Å². The summed E-state index contributed by atoms with van der Waals surface area (Å²) in [5.41, 5.74) is 8.73. The zero-order valence-corrected chi connectivity index (χ0v) is 12.9. The van der Waals surface area contributed by atoms with Crippen molar-refractivity contribution in [2.24, 2.45) is 17.6 Å². The fraction of sp³-hybridized carbons (Fsp3) is 0.421. The molecule has 4 heterocycles. The molecule has 3 aliphatic heterocycles. The van der Waals surface area contributed by atoms with Crippen molar-refractivity contribution in [1.29, 1.82) is 0 Å². The van der Waals surface area contributed by atoms with Crippen LogP contribution in [-0.2, 0) is 5.54 Å². The number of nitrogens with zero attached hydrogens (tertiary/aromatic N) is 2. The molecule has 22 heavy (non-hydrogen) atoms. The molecule has 0 aliphatic carbocycles. The van der Waals surface area contributed by atoms with Crippen molar-refractivity contribution in [3.8, 4) is 0 Å². The Labute approximate surface area is 131 Å². The van der Waals surface area contributed by atoms with Crippen LogP contribution in [0.15, 0.2) is 49.2 Å². The lowest BCUT2D eigenvalue weighted by Gasteiger charge is -2.57. The Morgan fingerprint density at radius 3 is 2.95 bits per heavy atom. The van der Waals surface area contributed by atoms with E-state index in [1.807, 2.05) is 6.20 Å². The van der Waals surface area contributed by atoms with Gasteiger partial charge in [0.15, 0.2) is 0 Å². The van der Waals surface area contributed by atoms with Gasteiger partial charge >= 0.3 is 0 Å². The predicted octanol–water partition coefficient (Wildman–Crippen LogP) is 2.92. The van der Waals surface area contributed by atoms with E-state index in [2.05, 4.69) is 52.9 Å². The quantitative estimate of drug-likeness (QED) is 0.885. The van der Waals surface area contributed by atoms with Gasteiger partial charge in [0.25, 0.3) is 0 Å². The summed E-state index contributed by atoms with van der Waals surface area (Å²) in [6.45, 7) is 6.93. The molecule has 3 heteroatoms. The van der Waals surface area contributed by atoms with Crippen LogP contribution in [0.2, 0.25) is 0 Å². The van der Waals surface area contributed by atoms with Gasteiger partial charge in [-0.05, 0) is 48.9 Å². The monoisotopic (exact) mass is 293 g/mol. The number of pyridine rings is 1. The fourth-order valence-corrected chi connectivity index (χ4v) is 4.61. The molecule has 114 valence electrons. The van der Waals surface area contributed by atoms with Crippen LogP contribution in [-0.4, -0.2) is 29.5 Å². The Balaban J connectivity index is 1.87. The Hall–Kier alpha value is -1.71. The minimum absolute atomic E-state index is 0.0367. The Morgan fingerprint density at radius 2 is 2.23 bits per heavy atom. The lowest BCUT2D eigenvalue weighted by molar-refractivity contribution is -0.0502. The van der Waals surface area contributed by atoms with E-state index in [9.17, 15) is 0 Å². The minimum Gasteiger partial charge on any atom is -0.328 e. The summed E-state index contributed by atoms with van der Waals surface area (Å²) in [6, 6.07) is 10.6. The predicted molar refractivity (Wildman–Crippen MR) is 90.5 cm³/mol. The largest absolute Gasteiger partial charge is 0.328 e. The van der Waals surface area contributed by atoms with Gasteiger partial charge in [0.1, 0.15) is 0 Å². The number of nitrogens with two attached hydrogens (primary N) is 1. The van der Waals surface area contributed by atoms with Crippen LogP contribution in [0, 0.1) is 11.8 Å². The van der Waals surface area contributed by atoms with Gasteiger partial charge in [-0.3, -0.25) is 9.88 Å². The van der Waals surface area contributed by atoms with Gasteiger partial charge in [0, 0.05) is 24.7 Å². The van der Waals surface area contributed by atoms with Crippen LogP contribution in [0.3, 0.4) is 0 Å². The normalized spacial score (nSPS) is 34.0. The maximum Gasteiger partial charge on any atom is 0.0705 e. The smallest absolute Gasteiger partial charge is 0.0705 e. The third-order valence-electron chi connectivity index (χ3n) is 5.80. The minimum atomic E-state index is -0.0367. The van der Waals surface area contributed by atoms with Crippen molar-refractivity contribution in [3.63, 3.8) is 0 Å². The first-order chi connectivity index (χ1) is 10.8. The molecular weight excluding hydrogens is 270 g/mol. The van der Waals surface area contributed by atoms with E-state index in [1.165, 1.54) is 17.4 Å². The highest BCUT2D eigenvalue weighted by molar-refractivity contribution is 5.83. The van der Waals surface area contributed by atoms with Gasteiger partial charge in [0.05, 0.1) is 11.1 Å². The van der Waals surface area contributed by atoms with Gasteiger partial charge in [0.2, 0.25) is 0 Å². The number of rotatable bonds is 3. The molecule has 2 bridgehead atoms. The molecule has 4 atom stereocenters. The van der Waals surface area contributed by atoms with Crippen molar-refractivity contribution in [2.75, 3.05) is 19.6 Å². The van der Waals surface area contributed by atoms with E-state index in [4.69, 9.17) is 5.73 Å². The third kappa shape index (κ3) is 1.86. The summed E-state index contributed by atoms with van der Waals surface area (Å²) in [6.07, 6.45) is 6.47. The van der Waals surface area contributed by atoms with Crippen LogP contribution in [0.5, 0.6) is 0 Å². The summed E-state index contributed by atoms with van der Waals surface area (Å²) in [5.74, 6) is 1.32. The molecule has 0 radical (unpaired) electrons. The molecule has 5 rings (SSSR count). The van der Waals surface area contributed by atoms with Crippen LogP contribution in [0.4, 0.5) is 0 Å². The molecule has 1 aromatic carbocycles. The second-order valence-corrected chi connectivity index (χ2v) is 6.71. The van der Waals surface area contributed by atoms with Crippen molar-refractivity contribution >= 4 is 10.9 Å². The van der Waals surface area contributed by atoms with Gasteiger partial charge in [-0.1, -0.05) is 24.3 Å². The number of para-hydroxylation sites is 1. The molecule has 0 saturated carbocycles. The van der Waals surface area contributed by atoms with Gasteiger partial charge < -0.3 is 5.73 Å². The first-order valence-corrected chi connectivity index (χ1v) is 8.20. The van der Waals surface area contributed by atoms with E-state index in [0.29, 0.717) is 18.4 Å². The molecule has 3 aliphatic rings. The molecule has 3 fully saturated rings. The second kappa shape index (κ2) is 5.18. The van der Waals surface area contributed by atoms with Gasteiger partial charge in [-0.15, -0.1) is 6.58 Å². The van der Waals surface area contributed by atoms with E-state index >= 15 is 0 Å². The molecule has 2 aromatic rings. The van der Waals surface area contributed by atoms with Crippen LogP contribution in [0.1, 0.15) is 18.4 Å².